The van der Waals surface area contributed by atoms with E-state index in [0.717, 1.165) is 23.2 Å². The molecule has 0 aromatic heterocycles. The Kier molecular flexibility index (Phi) is 3.61. The summed E-state index contributed by atoms with van der Waals surface area (Å²) >= 11 is 12.7. The van der Waals surface area contributed by atoms with Crippen LogP contribution in [0.2, 0.25) is 5.02 Å². The molecule has 1 aliphatic rings. The zero-order chi connectivity index (χ0) is 13.5. The molecule has 0 radical (unpaired) electrons. The predicted molar refractivity (Wildman–Crippen MR) is 76.5 cm³/mol. The molecule has 98 valence electrons. The topological polar surface area (TPSA) is 29.1 Å². The lowest BCUT2D eigenvalue weighted by molar-refractivity contribution is -0.115. The third kappa shape index (κ3) is 2.99. The summed E-state index contributed by atoms with van der Waals surface area (Å²) in [4.78, 5) is 11.3. The molecule has 1 aromatic carbocycles. The van der Waals surface area contributed by atoms with Crippen molar-refractivity contribution >= 4 is 34.8 Å². The van der Waals surface area contributed by atoms with Gasteiger partial charge in [-0.3, -0.25) is 4.79 Å². The van der Waals surface area contributed by atoms with Crippen molar-refractivity contribution in [1.82, 2.24) is 0 Å². The molecule has 0 aliphatic carbocycles. The quantitative estimate of drug-likeness (QED) is 0.794. The Morgan fingerprint density at radius 2 is 2.06 bits per heavy atom. The van der Waals surface area contributed by atoms with Gasteiger partial charge in [-0.1, -0.05) is 38.4 Å². The number of rotatable bonds is 2. The van der Waals surface area contributed by atoms with Gasteiger partial charge in [-0.25, -0.2) is 0 Å². The summed E-state index contributed by atoms with van der Waals surface area (Å²) in [6.45, 7) is 6.44. The lowest BCUT2D eigenvalue weighted by Gasteiger charge is -2.23. The lowest BCUT2D eigenvalue weighted by atomic mass is 9.88. The van der Waals surface area contributed by atoms with Gasteiger partial charge in [-0.2, -0.15) is 0 Å². The summed E-state index contributed by atoms with van der Waals surface area (Å²) in [5.74, 6) is 0.0140. The summed E-state index contributed by atoms with van der Waals surface area (Å²) in [6, 6.07) is 3.76. The molecular formula is C14H17Cl2NO. The first kappa shape index (κ1) is 13.7. The third-order valence-corrected chi connectivity index (χ3v) is 3.69. The van der Waals surface area contributed by atoms with Crippen molar-refractivity contribution in [1.29, 1.82) is 0 Å². The van der Waals surface area contributed by atoms with Crippen LogP contribution in [0, 0.1) is 5.41 Å². The molecule has 0 saturated carbocycles. The van der Waals surface area contributed by atoms with E-state index in [2.05, 4.69) is 26.1 Å². The molecule has 0 bridgehead atoms. The van der Waals surface area contributed by atoms with Crippen LogP contribution in [0.4, 0.5) is 5.69 Å². The Bertz CT molecular complexity index is 491. The van der Waals surface area contributed by atoms with Gasteiger partial charge in [-0.15, -0.1) is 11.6 Å². The van der Waals surface area contributed by atoms with E-state index >= 15 is 0 Å². The van der Waals surface area contributed by atoms with Crippen LogP contribution in [-0.2, 0) is 11.2 Å². The van der Waals surface area contributed by atoms with E-state index in [1.54, 1.807) is 6.07 Å². The first-order valence-corrected chi connectivity index (χ1v) is 6.84. The first-order valence-electron chi connectivity index (χ1n) is 6.02. The number of hydrogen-bond acceptors (Lipinski definition) is 1. The number of alkyl halides is 1. The van der Waals surface area contributed by atoms with Crippen molar-refractivity contribution in [3.05, 3.63) is 28.3 Å². The normalized spacial score (nSPS) is 16.4. The van der Waals surface area contributed by atoms with Crippen LogP contribution >= 0.6 is 23.2 Å². The van der Waals surface area contributed by atoms with Crippen molar-refractivity contribution in [2.45, 2.75) is 39.0 Å². The van der Waals surface area contributed by atoms with Crippen molar-refractivity contribution in [3.8, 4) is 0 Å². The SMILES string of the molecule is CC(C)(C)CC(Cl)c1cc2c(cc1Cl)NC(=O)C2. The highest BCUT2D eigenvalue weighted by Gasteiger charge is 2.24. The minimum absolute atomic E-state index is 0.0140. The summed E-state index contributed by atoms with van der Waals surface area (Å²) in [5, 5.41) is 3.28. The van der Waals surface area contributed by atoms with Crippen LogP contribution in [0.5, 0.6) is 0 Å². The van der Waals surface area contributed by atoms with E-state index < -0.39 is 0 Å². The van der Waals surface area contributed by atoms with Gasteiger partial charge in [0.25, 0.3) is 0 Å². The largest absolute Gasteiger partial charge is 0.325 e. The van der Waals surface area contributed by atoms with Gasteiger partial charge in [0, 0.05) is 10.7 Å². The third-order valence-electron chi connectivity index (χ3n) is 2.98. The van der Waals surface area contributed by atoms with E-state index in [0.29, 0.717) is 11.4 Å². The molecule has 18 heavy (non-hydrogen) atoms. The minimum Gasteiger partial charge on any atom is -0.325 e. The van der Waals surface area contributed by atoms with Gasteiger partial charge in [0.05, 0.1) is 11.8 Å². The maximum atomic E-state index is 11.3. The zero-order valence-electron chi connectivity index (χ0n) is 10.8. The van der Waals surface area contributed by atoms with Crippen molar-refractivity contribution in [2.75, 3.05) is 5.32 Å². The van der Waals surface area contributed by atoms with Gasteiger partial charge in [-0.05, 0) is 29.0 Å². The van der Waals surface area contributed by atoms with Crippen LogP contribution < -0.4 is 5.32 Å². The second-order valence-electron chi connectivity index (χ2n) is 5.99. The van der Waals surface area contributed by atoms with Gasteiger partial charge in [0.15, 0.2) is 0 Å². The molecule has 1 N–H and O–H groups in total. The summed E-state index contributed by atoms with van der Waals surface area (Å²) in [7, 11) is 0. The van der Waals surface area contributed by atoms with Crippen molar-refractivity contribution in [2.24, 2.45) is 5.41 Å². The fraction of sp³-hybridized carbons (Fsp3) is 0.500. The number of fused-ring (bicyclic) bond motifs is 1. The molecule has 1 heterocycles. The molecule has 1 amide bonds. The highest BCUT2D eigenvalue weighted by atomic mass is 35.5. The van der Waals surface area contributed by atoms with E-state index in [4.69, 9.17) is 23.2 Å². The van der Waals surface area contributed by atoms with Crippen LogP contribution in [0.3, 0.4) is 0 Å². The number of amides is 1. The number of carbonyl (C=O) groups is 1. The number of halogens is 2. The standard InChI is InChI=1S/C14H17Cl2NO/c1-14(2,3)7-11(16)9-4-8-5-13(18)17-12(8)6-10(9)15/h4,6,11H,5,7H2,1-3H3,(H,17,18). The predicted octanol–water partition coefficient (Wildman–Crippen LogP) is 4.55. The average Bonchev–Trinajstić information content (AvgIpc) is 2.53. The van der Waals surface area contributed by atoms with Crippen LogP contribution in [0.1, 0.15) is 43.7 Å². The van der Waals surface area contributed by atoms with Gasteiger partial charge in [0.2, 0.25) is 5.91 Å². The number of nitrogens with one attached hydrogen (secondary N) is 1. The van der Waals surface area contributed by atoms with E-state index in [1.165, 1.54) is 0 Å². The summed E-state index contributed by atoms with van der Waals surface area (Å²) in [5.41, 5.74) is 2.86. The van der Waals surface area contributed by atoms with Gasteiger partial charge in [0.1, 0.15) is 0 Å². The second kappa shape index (κ2) is 4.75. The molecule has 2 rings (SSSR count). The van der Waals surface area contributed by atoms with E-state index in [-0.39, 0.29) is 16.7 Å². The molecule has 4 heteroatoms. The molecule has 0 fully saturated rings. The Morgan fingerprint density at radius 3 is 2.67 bits per heavy atom. The molecule has 1 unspecified atom stereocenters. The monoisotopic (exact) mass is 285 g/mol. The van der Waals surface area contributed by atoms with Crippen LogP contribution in [0.25, 0.3) is 0 Å². The van der Waals surface area contributed by atoms with E-state index in [1.807, 2.05) is 6.07 Å². The molecule has 1 atom stereocenters. The second-order valence-corrected chi connectivity index (χ2v) is 6.92. The fourth-order valence-corrected chi connectivity index (χ4v) is 3.15. The van der Waals surface area contributed by atoms with Crippen LogP contribution in [-0.4, -0.2) is 5.91 Å². The highest BCUT2D eigenvalue weighted by molar-refractivity contribution is 6.33. The molecule has 0 spiro atoms. The maximum Gasteiger partial charge on any atom is 0.228 e. The smallest absolute Gasteiger partial charge is 0.228 e. The Hall–Kier alpha value is -0.730. The number of hydrogen-bond donors (Lipinski definition) is 1. The van der Waals surface area contributed by atoms with E-state index in [9.17, 15) is 4.79 Å². The molecular weight excluding hydrogens is 269 g/mol. The van der Waals surface area contributed by atoms with Gasteiger partial charge >= 0.3 is 0 Å². The average molecular weight is 286 g/mol. The fourth-order valence-electron chi connectivity index (χ4n) is 2.15. The van der Waals surface area contributed by atoms with Gasteiger partial charge < -0.3 is 5.32 Å². The Morgan fingerprint density at radius 1 is 1.39 bits per heavy atom. The molecule has 0 saturated heterocycles. The molecule has 2 nitrogen and oxygen atoms in total. The van der Waals surface area contributed by atoms with Crippen LogP contribution in [0.15, 0.2) is 12.1 Å². The highest BCUT2D eigenvalue weighted by Crippen LogP contribution is 2.40. The number of anilines is 1. The zero-order valence-corrected chi connectivity index (χ0v) is 12.3. The summed E-state index contributed by atoms with van der Waals surface area (Å²) in [6.07, 6.45) is 1.26. The first-order chi connectivity index (χ1) is 8.26. The number of carbonyl (C=O) groups excluding carboxylic acids is 1. The molecule has 1 aromatic rings. The Labute approximate surface area is 118 Å². The Balaban J connectivity index is 2.30. The lowest BCUT2D eigenvalue weighted by Crippen LogP contribution is -2.09. The van der Waals surface area contributed by atoms with Crippen molar-refractivity contribution in [3.63, 3.8) is 0 Å². The summed E-state index contributed by atoms with van der Waals surface area (Å²) < 4.78 is 0. The van der Waals surface area contributed by atoms with Crippen molar-refractivity contribution < 1.29 is 4.79 Å². The molecule has 1 aliphatic heterocycles. The maximum absolute atomic E-state index is 11.3. The minimum atomic E-state index is -0.126. The number of benzene rings is 1.